The molecule has 0 fully saturated rings. The third kappa shape index (κ3) is 9.63. The number of ether oxygens (including phenoxy) is 3. The molecule has 1 aromatic carbocycles. The van der Waals surface area contributed by atoms with Crippen molar-refractivity contribution in [3.05, 3.63) is 29.8 Å². The van der Waals surface area contributed by atoms with Crippen molar-refractivity contribution < 1.29 is 14.2 Å². The molecule has 1 rings (SSSR count). The van der Waals surface area contributed by atoms with Gasteiger partial charge >= 0.3 is 0 Å². The molecule has 0 aliphatic carbocycles. The van der Waals surface area contributed by atoms with E-state index in [1.807, 2.05) is 12.1 Å². The Labute approximate surface area is 158 Å². The van der Waals surface area contributed by atoms with Crippen LogP contribution in [0.3, 0.4) is 0 Å². The van der Waals surface area contributed by atoms with E-state index in [1.165, 1.54) is 5.56 Å². The number of methoxy groups -OCH3 is 1. The van der Waals surface area contributed by atoms with Gasteiger partial charge in [-0.15, -0.1) is 0 Å². The Morgan fingerprint density at radius 3 is 2.42 bits per heavy atom. The summed E-state index contributed by atoms with van der Waals surface area (Å²) in [5, 5.41) is 6.71. The first-order valence-electron chi connectivity index (χ1n) is 9.33. The molecule has 1 unspecified atom stereocenters. The van der Waals surface area contributed by atoms with Crippen molar-refractivity contribution in [1.82, 2.24) is 10.6 Å². The molecular weight excluding hydrogens is 330 g/mol. The molecule has 1 atom stereocenters. The van der Waals surface area contributed by atoms with E-state index < -0.39 is 0 Å². The highest BCUT2D eigenvalue weighted by Crippen LogP contribution is 2.18. The highest BCUT2D eigenvalue weighted by atomic mass is 16.5. The molecule has 1 aromatic rings. The monoisotopic (exact) mass is 365 g/mol. The maximum Gasteiger partial charge on any atom is 0.191 e. The second-order valence-corrected chi connectivity index (χ2v) is 6.60. The van der Waals surface area contributed by atoms with E-state index in [4.69, 9.17) is 14.2 Å². The Morgan fingerprint density at radius 2 is 1.81 bits per heavy atom. The molecule has 0 saturated carbocycles. The molecule has 0 amide bonds. The van der Waals surface area contributed by atoms with E-state index in [0.29, 0.717) is 25.7 Å². The Bertz CT molecular complexity index is 504. The summed E-state index contributed by atoms with van der Waals surface area (Å²) in [6, 6.07) is 8.36. The lowest BCUT2D eigenvalue weighted by Crippen LogP contribution is -2.39. The van der Waals surface area contributed by atoms with Crippen LogP contribution in [-0.4, -0.2) is 53.1 Å². The standard InChI is InChI=1S/C20H35N3O3/c1-16(2)15-26-19-9-7-18(8-10-19)17(3)23-20(21-4)22-11-6-12-25-14-13-24-5/h7-10,16-17H,6,11-15H2,1-5H3,(H2,21,22,23). The van der Waals surface area contributed by atoms with Gasteiger partial charge in [-0.25, -0.2) is 0 Å². The van der Waals surface area contributed by atoms with E-state index in [-0.39, 0.29) is 6.04 Å². The number of nitrogens with zero attached hydrogens (tertiary/aromatic N) is 1. The normalized spacial score (nSPS) is 12.9. The summed E-state index contributed by atoms with van der Waals surface area (Å²) in [4.78, 5) is 4.28. The molecule has 0 aliphatic heterocycles. The topological polar surface area (TPSA) is 64.1 Å². The first-order chi connectivity index (χ1) is 12.6. The first-order valence-corrected chi connectivity index (χ1v) is 9.33. The molecule has 6 heteroatoms. The number of nitrogens with one attached hydrogen (secondary N) is 2. The highest BCUT2D eigenvalue weighted by Gasteiger charge is 2.08. The van der Waals surface area contributed by atoms with Crippen molar-refractivity contribution >= 4 is 5.96 Å². The fourth-order valence-electron chi connectivity index (χ4n) is 2.22. The van der Waals surface area contributed by atoms with Crippen molar-refractivity contribution in [2.75, 3.05) is 47.1 Å². The van der Waals surface area contributed by atoms with Crippen molar-refractivity contribution in [3.8, 4) is 5.75 Å². The summed E-state index contributed by atoms with van der Waals surface area (Å²) in [7, 11) is 3.45. The molecule has 0 spiro atoms. The number of guanidine groups is 1. The lowest BCUT2D eigenvalue weighted by Gasteiger charge is -2.19. The first kappa shape index (κ1) is 22.3. The average molecular weight is 366 g/mol. The van der Waals surface area contributed by atoms with E-state index in [2.05, 4.69) is 48.5 Å². The molecule has 0 saturated heterocycles. The third-order valence-electron chi connectivity index (χ3n) is 3.73. The molecule has 2 N–H and O–H groups in total. The zero-order chi connectivity index (χ0) is 19.2. The van der Waals surface area contributed by atoms with Crippen LogP contribution in [0.1, 0.15) is 38.8 Å². The molecule has 148 valence electrons. The smallest absolute Gasteiger partial charge is 0.191 e. The van der Waals surface area contributed by atoms with Gasteiger partial charge in [0.05, 0.1) is 25.9 Å². The summed E-state index contributed by atoms with van der Waals surface area (Å²) < 4.78 is 16.1. The van der Waals surface area contributed by atoms with Gasteiger partial charge in [0.15, 0.2) is 5.96 Å². The van der Waals surface area contributed by atoms with Gasteiger partial charge in [-0.05, 0) is 37.0 Å². The summed E-state index contributed by atoms with van der Waals surface area (Å²) >= 11 is 0. The van der Waals surface area contributed by atoms with Crippen LogP contribution in [0.25, 0.3) is 0 Å². The van der Waals surface area contributed by atoms with Crippen LogP contribution in [0.5, 0.6) is 5.75 Å². The number of hydrogen-bond donors (Lipinski definition) is 2. The minimum Gasteiger partial charge on any atom is -0.493 e. The lowest BCUT2D eigenvalue weighted by atomic mass is 10.1. The van der Waals surface area contributed by atoms with Crippen molar-refractivity contribution in [1.29, 1.82) is 0 Å². The Morgan fingerprint density at radius 1 is 1.08 bits per heavy atom. The fraction of sp³-hybridized carbons (Fsp3) is 0.650. The van der Waals surface area contributed by atoms with Gasteiger partial charge < -0.3 is 24.8 Å². The number of rotatable bonds is 12. The van der Waals surface area contributed by atoms with Crippen LogP contribution in [0, 0.1) is 5.92 Å². The van der Waals surface area contributed by atoms with Crippen LogP contribution < -0.4 is 15.4 Å². The molecule has 0 bridgehead atoms. The molecule has 0 aromatic heterocycles. The minimum absolute atomic E-state index is 0.151. The van der Waals surface area contributed by atoms with Gasteiger partial charge in [0.2, 0.25) is 0 Å². The number of hydrogen-bond acceptors (Lipinski definition) is 4. The zero-order valence-electron chi connectivity index (χ0n) is 16.9. The highest BCUT2D eigenvalue weighted by molar-refractivity contribution is 5.80. The van der Waals surface area contributed by atoms with E-state index in [1.54, 1.807) is 14.2 Å². The molecule has 6 nitrogen and oxygen atoms in total. The minimum atomic E-state index is 0.151. The van der Waals surface area contributed by atoms with Crippen LogP contribution in [0.2, 0.25) is 0 Å². The molecule has 0 radical (unpaired) electrons. The van der Waals surface area contributed by atoms with E-state index in [0.717, 1.165) is 31.3 Å². The SMILES string of the molecule is CN=C(NCCCOCCOC)NC(C)c1ccc(OCC(C)C)cc1. The van der Waals surface area contributed by atoms with Crippen molar-refractivity contribution in [2.24, 2.45) is 10.9 Å². The summed E-state index contributed by atoms with van der Waals surface area (Å²) in [6.45, 7) is 9.92. The van der Waals surface area contributed by atoms with Gasteiger partial charge in [0.25, 0.3) is 0 Å². The molecule has 26 heavy (non-hydrogen) atoms. The second kappa shape index (κ2) is 13.4. The largest absolute Gasteiger partial charge is 0.493 e. The summed E-state index contributed by atoms with van der Waals surface area (Å²) in [5.74, 6) is 2.22. The van der Waals surface area contributed by atoms with E-state index in [9.17, 15) is 0 Å². The van der Waals surface area contributed by atoms with Crippen molar-refractivity contribution in [3.63, 3.8) is 0 Å². The predicted octanol–water partition coefficient (Wildman–Crippen LogP) is 3.00. The quantitative estimate of drug-likeness (QED) is 0.339. The molecular formula is C20H35N3O3. The summed E-state index contributed by atoms with van der Waals surface area (Å²) in [5.41, 5.74) is 1.19. The van der Waals surface area contributed by atoms with Crippen LogP contribution in [0.15, 0.2) is 29.3 Å². The maximum atomic E-state index is 5.73. The Hall–Kier alpha value is -1.79. The molecule has 0 heterocycles. The zero-order valence-corrected chi connectivity index (χ0v) is 16.9. The average Bonchev–Trinajstić information content (AvgIpc) is 2.64. The van der Waals surface area contributed by atoms with Gasteiger partial charge in [-0.2, -0.15) is 0 Å². The molecule has 0 aliphatic rings. The van der Waals surface area contributed by atoms with Gasteiger partial charge in [0, 0.05) is 27.3 Å². The van der Waals surface area contributed by atoms with Gasteiger partial charge in [-0.3, -0.25) is 4.99 Å². The fourth-order valence-corrected chi connectivity index (χ4v) is 2.22. The van der Waals surface area contributed by atoms with Gasteiger partial charge in [0.1, 0.15) is 5.75 Å². The van der Waals surface area contributed by atoms with Crippen LogP contribution in [0.4, 0.5) is 0 Å². The Balaban J connectivity index is 2.33. The third-order valence-corrected chi connectivity index (χ3v) is 3.73. The van der Waals surface area contributed by atoms with Crippen LogP contribution >= 0.6 is 0 Å². The Kier molecular flexibility index (Phi) is 11.5. The lowest BCUT2D eigenvalue weighted by molar-refractivity contribution is 0.0698. The van der Waals surface area contributed by atoms with Crippen LogP contribution in [-0.2, 0) is 9.47 Å². The van der Waals surface area contributed by atoms with Gasteiger partial charge in [-0.1, -0.05) is 26.0 Å². The number of benzene rings is 1. The second-order valence-electron chi connectivity index (χ2n) is 6.60. The van der Waals surface area contributed by atoms with E-state index >= 15 is 0 Å². The van der Waals surface area contributed by atoms with Crippen molar-refractivity contribution in [2.45, 2.75) is 33.2 Å². The summed E-state index contributed by atoms with van der Waals surface area (Å²) in [6.07, 6.45) is 0.917. The number of aliphatic imine (C=N–C) groups is 1. The predicted molar refractivity (Wildman–Crippen MR) is 107 cm³/mol. The maximum absolute atomic E-state index is 5.73.